The lowest BCUT2D eigenvalue weighted by atomic mass is 9.83. The molecule has 18 heavy (non-hydrogen) atoms. The lowest BCUT2D eigenvalue weighted by molar-refractivity contribution is 0.242. The maximum absolute atomic E-state index is 4.40. The van der Waals surface area contributed by atoms with Gasteiger partial charge in [0.1, 0.15) is 0 Å². The summed E-state index contributed by atoms with van der Waals surface area (Å²) in [4.78, 5) is 7.59. The van der Waals surface area contributed by atoms with Crippen LogP contribution in [0.25, 0.3) is 0 Å². The van der Waals surface area contributed by atoms with Crippen LogP contribution in [-0.4, -0.2) is 28.1 Å². The van der Waals surface area contributed by atoms with Crippen molar-refractivity contribution in [2.24, 2.45) is 0 Å². The second-order valence-corrected chi connectivity index (χ2v) is 6.11. The van der Waals surface area contributed by atoms with Crippen molar-refractivity contribution in [1.29, 1.82) is 0 Å². The number of nitrogens with one attached hydrogen (secondary N) is 3. The van der Waals surface area contributed by atoms with Crippen LogP contribution < -0.4 is 10.6 Å². The van der Waals surface area contributed by atoms with Crippen molar-refractivity contribution in [3.05, 3.63) is 17.7 Å². The fourth-order valence-corrected chi connectivity index (χ4v) is 3.25. The first-order valence-corrected chi connectivity index (χ1v) is 7.25. The Morgan fingerprint density at radius 3 is 3.06 bits per heavy atom. The summed E-state index contributed by atoms with van der Waals surface area (Å²) in [5.74, 6) is 0. The molecule has 1 aliphatic carbocycles. The van der Waals surface area contributed by atoms with E-state index >= 15 is 0 Å². The van der Waals surface area contributed by atoms with E-state index in [0.717, 1.165) is 19.5 Å². The smallest absolute Gasteiger partial charge is 0.0925 e. The van der Waals surface area contributed by atoms with Gasteiger partial charge in [0.15, 0.2) is 0 Å². The minimum atomic E-state index is 0.367. The Balaban J connectivity index is 1.52. The second kappa shape index (κ2) is 5.02. The van der Waals surface area contributed by atoms with Crippen LogP contribution in [0.15, 0.2) is 6.33 Å². The van der Waals surface area contributed by atoms with Crippen LogP contribution in [0, 0.1) is 0 Å². The first-order chi connectivity index (χ1) is 8.75. The van der Waals surface area contributed by atoms with E-state index in [9.17, 15) is 0 Å². The average molecular weight is 248 g/mol. The van der Waals surface area contributed by atoms with E-state index in [1.54, 1.807) is 0 Å². The number of H-pyrrole nitrogens is 1. The molecule has 0 spiro atoms. The molecule has 1 atom stereocenters. The number of rotatable bonds is 3. The van der Waals surface area contributed by atoms with Crippen molar-refractivity contribution in [3.63, 3.8) is 0 Å². The van der Waals surface area contributed by atoms with Crippen LogP contribution in [0.1, 0.15) is 50.4 Å². The molecule has 1 unspecified atom stereocenters. The molecular formula is C14H24N4. The van der Waals surface area contributed by atoms with Gasteiger partial charge in [-0.15, -0.1) is 0 Å². The minimum absolute atomic E-state index is 0.367. The summed E-state index contributed by atoms with van der Waals surface area (Å²) in [7, 11) is 0. The molecule has 0 amide bonds. The summed E-state index contributed by atoms with van der Waals surface area (Å²) in [6.45, 7) is 4.37. The summed E-state index contributed by atoms with van der Waals surface area (Å²) >= 11 is 0. The van der Waals surface area contributed by atoms with Gasteiger partial charge in [-0.3, -0.25) is 0 Å². The molecule has 2 heterocycles. The molecule has 1 aromatic heterocycles. The second-order valence-electron chi connectivity index (χ2n) is 6.11. The largest absolute Gasteiger partial charge is 0.347 e. The Bertz CT molecular complexity index is 392. The monoisotopic (exact) mass is 248 g/mol. The molecule has 1 fully saturated rings. The zero-order valence-electron chi connectivity index (χ0n) is 11.3. The van der Waals surface area contributed by atoms with Gasteiger partial charge in [-0.25, -0.2) is 4.98 Å². The maximum atomic E-state index is 4.40. The van der Waals surface area contributed by atoms with Crippen LogP contribution >= 0.6 is 0 Å². The third-order valence-electron chi connectivity index (χ3n) is 4.55. The highest BCUT2D eigenvalue weighted by Gasteiger charge is 2.28. The van der Waals surface area contributed by atoms with Crippen LogP contribution in [0.2, 0.25) is 0 Å². The molecular weight excluding hydrogens is 224 g/mol. The molecule has 100 valence electrons. The Labute approximate surface area is 109 Å². The summed E-state index contributed by atoms with van der Waals surface area (Å²) < 4.78 is 0. The van der Waals surface area contributed by atoms with Crippen LogP contribution in [-0.2, 0) is 13.0 Å². The molecule has 4 nitrogen and oxygen atoms in total. The molecule has 3 N–H and O–H groups in total. The Kier molecular flexibility index (Phi) is 3.39. The molecule has 1 saturated carbocycles. The highest BCUT2D eigenvalue weighted by atomic mass is 15.1. The van der Waals surface area contributed by atoms with E-state index in [-0.39, 0.29) is 0 Å². The Morgan fingerprint density at radius 2 is 2.22 bits per heavy atom. The molecule has 1 aromatic rings. The van der Waals surface area contributed by atoms with Gasteiger partial charge < -0.3 is 15.6 Å². The molecule has 1 aliphatic heterocycles. The van der Waals surface area contributed by atoms with Crippen molar-refractivity contribution < 1.29 is 0 Å². The molecule has 2 aliphatic rings. The summed E-state index contributed by atoms with van der Waals surface area (Å²) in [5.41, 5.74) is 2.87. The topological polar surface area (TPSA) is 52.7 Å². The van der Waals surface area contributed by atoms with E-state index in [1.165, 1.54) is 43.5 Å². The zero-order valence-corrected chi connectivity index (χ0v) is 11.3. The van der Waals surface area contributed by atoms with Gasteiger partial charge in [0.05, 0.1) is 17.7 Å². The number of aromatic nitrogens is 2. The third-order valence-corrected chi connectivity index (χ3v) is 4.55. The molecule has 0 saturated heterocycles. The number of nitrogens with zero attached hydrogens (tertiary/aromatic N) is 1. The van der Waals surface area contributed by atoms with Crippen LogP contribution in [0.4, 0.5) is 0 Å². The van der Waals surface area contributed by atoms with Gasteiger partial charge in [-0.05, 0) is 19.8 Å². The van der Waals surface area contributed by atoms with E-state index < -0.39 is 0 Å². The minimum Gasteiger partial charge on any atom is -0.347 e. The lowest BCUT2D eigenvalue weighted by Crippen LogP contribution is -2.51. The zero-order chi connectivity index (χ0) is 12.4. The number of hydrogen-bond acceptors (Lipinski definition) is 3. The highest BCUT2D eigenvalue weighted by Crippen LogP contribution is 2.27. The van der Waals surface area contributed by atoms with Crippen molar-refractivity contribution in [3.8, 4) is 0 Å². The van der Waals surface area contributed by atoms with Crippen LogP contribution in [0.5, 0.6) is 0 Å². The van der Waals surface area contributed by atoms with Gasteiger partial charge in [0, 0.05) is 31.1 Å². The molecule has 0 aromatic carbocycles. The number of aromatic amines is 1. The highest BCUT2D eigenvalue weighted by molar-refractivity contribution is 5.16. The fraction of sp³-hybridized carbons (Fsp3) is 0.786. The fourth-order valence-electron chi connectivity index (χ4n) is 3.25. The molecule has 0 bridgehead atoms. The van der Waals surface area contributed by atoms with Gasteiger partial charge in [0.25, 0.3) is 0 Å². The number of hydrogen-bond donors (Lipinski definition) is 3. The van der Waals surface area contributed by atoms with Crippen LogP contribution in [0.3, 0.4) is 0 Å². The number of fused-ring (bicyclic) bond motifs is 1. The first-order valence-electron chi connectivity index (χ1n) is 7.25. The van der Waals surface area contributed by atoms with Crippen molar-refractivity contribution in [2.75, 3.05) is 6.54 Å². The SMILES string of the molecule is CC1(NCC2Cc3nc[nH]c3CN2)CCCCC1. The average Bonchev–Trinajstić information content (AvgIpc) is 2.85. The standard InChI is InChI=1S/C14H24N4/c1-14(5-3-2-4-6-14)18-8-11-7-12-13(9-15-11)17-10-16-12/h10-11,15,18H,2-9H2,1H3,(H,16,17). The maximum Gasteiger partial charge on any atom is 0.0925 e. The summed E-state index contributed by atoms with van der Waals surface area (Å²) in [6, 6.07) is 0.527. The van der Waals surface area contributed by atoms with Gasteiger partial charge in [-0.1, -0.05) is 19.3 Å². The molecule has 4 heteroatoms. The summed E-state index contributed by atoms with van der Waals surface area (Å²) in [5, 5.41) is 7.37. The molecule has 3 rings (SSSR count). The predicted octanol–water partition coefficient (Wildman–Crippen LogP) is 1.74. The van der Waals surface area contributed by atoms with Crippen molar-refractivity contribution in [2.45, 2.75) is 63.6 Å². The van der Waals surface area contributed by atoms with E-state index in [0.29, 0.717) is 11.6 Å². The first kappa shape index (κ1) is 12.2. The Hall–Kier alpha value is -0.870. The number of imidazole rings is 1. The van der Waals surface area contributed by atoms with E-state index in [1.807, 2.05) is 6.33 Å². The van der Waals surface area contributed by atoms with Crippen molar-refractivity contribution in [1.82, 2.24) is 20.6 Å². The Morgan fingerprint density at radius 1 is 1.39 bits per heavy atom. The van der Waals surface area contributed by atoms with Gasteiger partial charge in [0.2, 0.25) is 0 Å². The summed E-state index contributed by atoms with van der Waals surface area (Å²) in [6.07, 6.45) is 9.68. The predicted molar refractivity (Wildman–Crippen MR) is 72.4 cm³/mol. The van der Waals surface area contributed by atoms with E-state index in [2.05, 4.69) is 27.5 Å². The van der Waals surface area contributed by atoms with Gasteiger partial charge >= 0.3 is 0 Å². The lowest BCUT2D eigenvalue weighted by Gasteiger charge is -2.36. The quantitative estimate of drug-likeness (QED) is 0.763. The molecule has 0 radical (unpaired) electrons. The third kappa shape index (κ3) is 2.59. The van der Waals surface area contributed by atoms with Gasteiger partial charge in [-0.2, -0.15) is 0 Å². The van der Waals surface area contributed by atoms with Crippen molar-refractivity contribution >= 4 is 0 Å². The van der Waals surface area contributed by atoms with E-state index in [4.69, 9.17) is 0 Å². The normalized spacial score (nSPS) is 26.8.